The SMILES string of the molecule is C=C1C(=O)[C@@]23CC[C@@H]4C(C)(C)CCC[C@@]4(C)[C@@H]2CC[C@@H]1C3. The van der Waals surface area contributed by atoms with Crippen molar-refractivity contribution in [2.75, 3.05) is 0 Å². The Balaban J connectivity index is 1.79. The predicted octanol–water partition coefficient (Wildman–Crippen LogP) is 5.15. The molecule has 4 aliphatic carbocycles. The third-order valence-corrected chi connectivity index (χ3v) is 8.27. The van der Waals surface area contributed by atoms with E-state index in [-0.39, 0.29) is 5.41 Å². The summed E-state index contributed by atoms with van der Waals surface area (Å²) < 4.78 is 0. The van der Waals surface area contributed by atoms with Crippen molar-refractivity contribution in [3.63, 3.8) is 0 Å². The highest BCUT2D eigenvalue weighted by atomic mass is 16.1. The molecule has 0 aromatic carbocycles. The highest BCUT2D eigenvalue weighted by Gasteiger charge is 2.66. The molecule has 0 aliphatic heterocycles. The number of hydrogen-bond acceptors (Lipinski definition) is 1. The summed E-state index contributed by atoms with van der Waals surface area (Å²) in [5, 5.41) is 0. The Hall–Kier alpha value is -0.590. The second-order valence-electron chi connectivity index (χ2n) is 9.48. The van der Waals surface area contributed by atoms with Crippen molar-refractivity contribution in [3.8, 4) is 0 Å². The highest BCUT2D eigenvalue weighted by Crippen LogP contribution is 2.70. The monoisotopic (exact) mass is 286 g/mol. The van der Waals surface area contributed by atoms with Crippen LogP contribution in [0.1, 0.15) is 72.1 Å². The summed E-state index contributed by atoms with van der Waals surface area (Å²) in [7, 11) is 0. The Kier molecular flexibility index (Phi) is 2.69. The lowest BCUT2D eigenvalue weighted by molar-refractivity contribution is -0.160. The lowest BCUT2D eigenvalue weighted by Gasteiger charge is -2.63. The molecule has 0 aromatic rings. The molecule has 4 fully saturated rings. The van der Waals surface area contributed by atoms with E-state index in [1.807, 2.05) is 0 Å². The molecule has 5 atom stereocenters. The smallest absolute Gasteiger partial charge is 0.165 e. The van der Waals surface area contributed by atoms with Crippen LogP contribution in [0.25, 0.3) is 0 Å². The number of carbonyl (C=O) groups excluding carboxylic acids is 1. The minimum absolute atomic E-state index is 0.00132. The zero-order valence-corrected chi connectivity index (χ0v) is 14.0. The van der Waals surface area contributed by atoms with Gasteiger partial charge in [-0.3, -0.25) is 4.79 Å². The van der Waals surface area contributed by atoms with E-state index < -0.39 is 0 Å². The number of hydrogen-bond donors (Lipinski definition) is 0. The van der Waals surface area contributed by atoms with Crippen molar-refractivity contribution >= 4 is 5.78 Å². The molecule has 0 unspecified atom stereocenters. The number of carbonyl (C=O) groups is 1. The lowest BCUT2D eigenvalue weighted by atomic mass is 9.41. The second-order valence-corrected chi connectivity index (χ2v) is 9.48. The minimum atomic E-state index is -0.00132. The number of rotatable bonds is 0. The van der Waals surface area contributed by atoms with Gasteiger partial charge in [0.05, 0.1) is 0 Å². The van der Waals surface area contributed by atoms with E-state index in [1.54, 1.807) is 0 Å². The van der Waals surface area contributed by atoms with Gasteiger partial charge in [-0.25, -0.2) is 0 Å². The van der Waals surface area contributed by atoms with Crippen LogP contribution in [-0.4, -0.2) is 5.78 Å². The molecule has 0 N–H and O–H groups in total. The van der Waals surface area contributed by atoms with Crippen molar-refractivity contribution in [1.82, 2.24) is 0 Å². The fourth-order valence-electron chi connectivity index (χ4n) is 7.44. The normalized spacial score (nSPS) is 51.5. The molecule has 4 saturated carbocycles. The lowest BCUT2D eigenvalue weighted by Crippen LogP contribution is -2.57. The van der Waals surface area contributed by atoms with Crippen LogP contribution in [0, 0.1) is 34.0 Å². The molecule has 4 rings (SSSR count). The Morgan fingerprint density at radius 3 is 2.52 bits per heavy atom. The first-order valence-corrected chi connectivity index (χ1v) is 9.05. The summed E-state index contributed by atoms with van der Waals surface area (Å²) in [6.45, 7) is 11.7. The first kappa shape index (κ1) is 14.0. The van der Waals surface area contributed by atoms with Gasteiger partial charge < -0.3 is 0 Å². The van der Waals surface area contributed by atoms with Crippen molar-refractivity contribution in [2.24, 2.45) is 34.0 Å². The zero-order valence-electron chi connectivity index (χ0n) is 14.0. The van der Waals surface area contributed by atoms with Gasteiger partial charge in [0.25, 0.3) is 0 Å². The van der Waals surface area contributed by atoms with E-state index in [2.05, 4.69) is 27.4 Å². The Labute approximate surface area is 129 Å². The van der Waals surface area contributed by atoms with Crippen molar-refractivity contribution < 1.29 is 4.79 Å². The van der Waals surface area contributed by atoms with E-state index in [1.165, 1.54) is 38.5 Å². The quantitative estimate of drug-likeness (QED) is 0.562. The molecule has 1 heteroatoms. The van der Waals surface area contributed by atoms with E-state index >= 15 is 0 Å². The third-order valence-electron chi connectivity index (χ3n) is 8.27. The molecule has 0 aromatic heterocycles. The van der Waals surface area contributed by atoms with Crippen LogP contribution in [-0.2, 0) is 4.79 Å². The van der Waals surface area contributed by atoms with Gasteiger partial charge in [-0.05, 0) is 79.1 Å². The van der Waals surface area contributed by atoms with E-state index in [4.69, 9.17) is 0 Å². The summed E-state index contributed by atoms with van der Waals surface area (Å²) in [5.41, 5.74) is 1.84. The largest absolute Gasteiger partial charge is 0.294 e. The molecular weight excluding hydrogens is 256 g/mol. The molecule has 0 radical (unpaired) electrons. The van der Waals surface area contributed by atoms with Gasteiger partial charge in [-0.1, -0.05) is 33.8 Å². The van der Waals surface area contributed by atoms with Gasteiger partial charge in [0, 0.05) is 5.41 Å². The summed E-state index contributed by atoms with van der Waals surface area (Å²) in [5.74, 6) is 2.43. The molecule has 4 aliphatic rings. The molecule has 0 amide bonds. The molecule has 0 heterocycles. The summed E-state index contributed by atoms with van der Waals surface area (Å²) in [6.07, 6.45) is 10.1. The predicted molar refractivity (Wildman–Crippen MR) is 85.9 cm³/mol. The van der Waals surface area contributed by atoms with Crippen LogP contribution >= 0.6 is 0 Å². The van der Waals surface area contributed by atoms with Crippen LogP contribution in [0.4, 0.5) is 0 Å². The average Bonchev–Trinajstić information content (AvgIpc) is 2.59. The Bertz CT molecular complexity index is 516. The standard InChI is InChI=1S/C20H30O/c1-13-14-6-7-16-19(4)10-5-9-18(2,3)15(19)8-11-20(16,12-14)17(13)21/h14-16H,1,5-12H2,2-4H3/t14-,15-,16+,19-,20-/m1/s1. The van der Waals surface area contributed by atoms with Gasteiger partial charge in [-0.15, -0.1) is 0 Å². The van der Waals surface area contributed by atoms with Crippen molar-refractivity contribution in [1.29, 1.82) is 0 Å². The summed E-state index contributed by atoms with van der Waals surface area (Å²) in [6, 6.07) is 0. The van der Waals surface area contributed by atoms with Gasteiger partial charge in [0.2, 0.25) is 0 Å². The van der Waals surface area contributed by atoms with Gasteiger partial charge in [0.15, 0.2) is 5.78 Å². The molecule has 1 nitrogen and oxygen atoms in total. The van der Waals surface area contributed by atoms with Gasteiger partial charge in [-0.2, -0.15) is 0 Å². The molecule has 21 heavy (non-hydrogen) atoms. The fourth-order valence-corrected chi connectivity index (χ4v) is 7.44. The molecular formula is C20H30O. The van der Waals surface area contributed by atoms with E-state index in [9.17, 15) is 4.79 Å². The fraction of sp³-hybridized carbons (Fsp3) is 0.850. The summed E-state index contributed by atoms with van der Waals surface area (Å²) in [4.78, 5) is 13.0. The first-order chi connectivity index (χ1) is 9.81. The minimum Gasteiger partial charge on any atom is -0.294 e. The van der Waals surface area contributed by atoms with Crippen LogP contribution in [0.5, 0.6) is 0 Å². The topological polar surface area (TPSA) is 17.1 Å². The molecule has 2 bridgehead atoms. The average molecular weight is 286 g/mol. The van der Waals surface area contributed by atoms with E-state index in [0.29, 0.717) is 28.4 Å². The summed E-state index contributed by atoms with van der Waals surface area (Å²) >= 11 is 0. The molecule has 1 spiro atoms. The number of fused-ring (bicyclic) bond motifs is 3. The Morgan fingerprint density at radius 2 is 1.76 bits per heavy atom. The third kappa shape index (κ3) is 1.56. The van der Waals surface area contributed by atoms with Crippen LogP contribution in [0.2, 0.25) is 0 Å². The second kappa shape index (κ2) is 4.03. The van der Waals surface area contributed by atoms with Crippen molar-refractivity contribution in [2.45, 2.75) is 72.1 Å². The highest BCUT2D eigenvalue weighted by molar-refractivity contribution is 6.03. The maximum atomic E-state index is 13.0. The van der Waals surface area contributed by atoms with Gasteiger partial charge in [0.1, 0.15) is 0 Å². The number of ketones is 1. The first-order valence-electron chi connectivity index (χ1n) is 9.05. The maximum Gasteiger partial charge on any atom is 0.165 e. The van der Waals surface area contributed by atoms with Crippen LogP contribution in [0.3, 0.4) is 0 Å². The van der Waals surface area contributed by atoms with Crippen LogP contribution in [0.15, 0.2) is 12.2 Å². The van der Waals surface area contributed by atoms with Crippen molar-refractivity contribution in [3.05, 3.63) is 12.2 Å². The molecule has 116 valence electrons. The van der Waals surface area contributed by atoms with Gasteiger partial charge >= 0.3 is 0 Å². The number of Topliss-reactive ketones (excluding diaryl/α,β-unsaturated/α-hetero) is 1. The number of allylic oxidation sites excluding steroid dienone is 1. The Morgan fingerprint density at radius 1 is 1.00 bits per heavy atom. The van der Waals surface area contributed by atoms with Crippen LogP contribution < -0.4 is 0 Å². The van der Waals surface area contributed by atoms with E-state index in [0.717, 1.165) is 24.3 Å². The maximum absolute atomic E-state index is 13.0. The zero-order chi connectivity index (χ0) is 15.0. The molecule has 0 saturated heterocycles.